The van der Waals surface area contributed by atoms with Gasteiger partial charge in [-0.15, -0.1) is 12.4 Å². The van der Waals surface area contributed by atoms with E-state index in [1.165, 1.54) is 6.07 Å². The molecule has 0 nitrogen and oxygen atoms in total. The molecule has 0 aromatic heterocycles. The van der Waals surface area contributed by atoms with Gasteiger partial charge in [-0.25, -0.2) is 4.39 Å². The van der Waals surface area contributed by atoms with Crippen LogP contribution in [0, 0.1) is 12.7 Å². The van der Waals surface area contributed by atoms with E-state index < -0.39 is 0 Å². The Bertz CT molecular complexity index is 225. The Hall–Kier alpha value is -0.0800. The average Bonchev–Trinajstić information content (AvgIpc) is 1.80. The average molecular weight is 225 g/mol. The summed E-state index contributed by atoms with van der Waals surface area (Å²) in [5.41, 5.74) is 0.679. The SMILES string of the molecule is Cc1ccc(Br)cc1F.Cl. The van der Waals surface area contributed by atoms with Gasteiger partial charge in [-0.1, -0.05) is 22.0 Å². The number of halogens is 3. The highest BCUT2D eigenvalue weighted by atomic mass is 79.9. The van der Waals surface area contributed by atoms with Gasteiger partial charge in [0, 0.05) is 4.47 Å². The van der Waals surface area contributed by atoms with E-state index in [1.807, 2.05) is 6.07 Å². The van der Waals surface area contributed by atoms with Crippen molar-refractivity contribution in [3.05, 3.63) is 34.1 Å². The van der Waals surface area contributed by atoms with Crippen LogP contribution in [0.1, 0.15) is 5.56 Å². The van der Waals surface area contributed by atoms with Gasteiger partial charge in [-0.3, -0.25) is 0 Å². The van der Waals surface area contributed by atoms with E-state index in [0.29, 0.717) is 5.56 Å². The molecule has 0 saturated heterocycles. The molecule has 1 aromatic rings. The lowest BCUT2D eigenvalue weighted by Crippen LogP contribution is -1.78. The second-order valence-electron chi connectivity index (χ2n) is 1.89. The molecule has 3 heteroatoms. The molecule has 1 aromatic carbocycles. The zero-order valence-electron chi connectivity index (χ0n) is 5.40. The van der Waals surface area contributed by atoms with Gasteiger partial charge in [0.05, 0.1) is 0 Å². The van der Waals surface area contributed by atoms with Crippen LogP contribution in [0.5, 0.6) is 0 Å². The number of hydrogen-bond acceptors (Lipinski definition) is 0. The molecule has 0 N–H and O–H groups in total. The molecular formula is C7H7BrClF. The third kappa shape index (κ3) is 2.27. The number of benzene rings is 1. The van der Waals surface area contributed by atoms with Crippen LogP contribution in [0.3, 0.4) is 0 Å². The van der Waals surface area contributed by atoms with Crippen molar-refractivity contribution in [1.29, 1.82) is 0 Å². The molecule has 0 bridgehead atoms. The van der Waals surface area contributed by atoms with Crippen LogP contribution in [0.4, 0.5) is 4.39 Å². The van der Waals surface area contributed by atoms with Crippen molar-refractivity contribution in [2.75, 3.05) is 0 Å². The normalized spacial score (nSPS) is 8.70. The van der Waals surface area contributed by atoms with Crippen molar-refractivity contribution in [1.82, 2.24) is 0 Å². The van der Waals surface area contributed by atoms with Crippen LogP contribution >= 0.6 is 28.3 Å². The molecule has 0 fully saturated rings. The van der Waals surface area contributed by atoms with Gasteiger partial charge in [0.2, 0.25) is 0 Å². The first-order chi connectivity index (χ1) is 4.20. The molecule has 56 valence electrons. The number of aryl methyl sites for hydroxylation is 1. The molecule has 0 unspecified atom stereocenters. The number of rotatable bonds is 0. The Morgan fingerprint density at radius 1 is 1.40 bits per heavy atom. The van der Waals surface area contributed by atoms with Gasteiger partial charge >= 0.3 is 0 Å². The molecule has 0 spiro atoms. The fraction of sp³-hybridized carbons (Fsp3) is 0.143. The van der Waals surface area contributed by atoms with Crippen molar-refractivity contribution in [2.45, 2.75) is 6.92 Å². The summed E-state index contributed by atoms with van der Waals surface area (Å²) in [4.78, 5) is 0. The molecule has 0 aliphatic rings. The molecule has 0 amide bonds. The van der Waals surface area contributed by atoms with Gasteiger partial charge in [-0.05, 0) is 24.6 Å². The summed E-state index contributed by atoms with van der Waals surface area (Å²) in [5.74, 6) is -0.163. The Labute approximate surface area is 74.0 Å². The van der Waals surface area contributed by atoms with Gasteiger partial charge < -0.3 is 0 Å². The van der Waals surface area contributed by atoms with E-state index in [4.69, 9.17) is 0 Å². The molecular weight excluding hydrogens is 218 g/mol. The monoisotopic (exact) mass is 224 g/mol. The standard InChI is InChI=1S/C7H6BrF.ClH/c1-5-2-3-6(8)4-7(5)9;/h2-4H,1H3;1H. The summed E-state index contributed by atoms with van der Waals surface area (Å²) in [6, 6.07) is 5.01. The van der Waals surface area contributed by atoms with Crippen LogP contribution in [-0.4, -0.2) is 0 Å². The van der Waals surface area contributed by atoms with Crippen LogP contribution < -0.4 is 0 Å². The highest BCUT2D eigenvalue weighted by molar-refractivity contribution is 9.10. The molecule has 0 atom stereocenters. The first kappa shape index (κ1) is 9.92. The molecule has 0 saturated carbocycles. The smallest absolute Gasteiger partial charge is 0.127 e. The van der Waals surface area contributed by atoms with E-state index in [9.17, 15) is 4.39 Å². The third-order valence-corrected chi connectivity index (χ3v) is 1.63. The quantitative estimate of drug-likeness (QED) is 0.635. The predicted molar refractivity (Wildman–Crippen MR) is 46.1 cm³/mol. The van der Waals surface area contributed by atoms with Gasteiger partial charge in [0.1, 0.15) is 5.82 Å². The third-order valence-electron chi connectivity index (χ3n) is 1.13. The second-order valence-corrected chi connectivity index (χ2v) is 2.81. The summed E-state index contributed by atoms with van der Waals surface area (Å²) in [6.45, 7) is 1.74. The minimum absolute atomic E-state index is 0. The van der Waals surface area contributed by atoms with Crippen LogP contribution in [-0.2, 0) is 0 Å². The Morgan fingerprint density at radius 3 is 2.40 bits per heavy atom. The fourth-order valence-corrected chi connectivity index (χ4v) is 0.900. The first-order valence-electron chi connectivity index (χ1n) is 2.62. The Balaban J connectivity index is 0.000000810. The lowest BCUT2D eigenvalue weighted by atomic mass is 10.2. The van der Waals surface area contributed by atoms with Crippen molar-refractivity contribution < 1.29 is 4.39 Å². The van der Waals surface area contributed by atoms with Crippen molar-refractivity contribution in [2.24, 2.45) is 0 Å². The topological polar surface area (TPSA) is 0 Å². The number of hydrogen-bond donors (Lipinski definition) is 0. The molecule has 0 radical (unpaired) electrons. The maximum atomic E-state index is 12.5. The van der Waals surface area contributed by atoms with E-state index in [2.05, 4.69) is 15.9 Å². The van der Waals surface area contributed by atoms with Gasteiger partial charge in [-0.2, -0.15) is 0 Å². The van der Waals surface area contributed by atoms with E-state index in [1.54, 1.807) is 13.0 Å². The van der Waals surface area contributed by atoms with E-state index >= 15 is 0 Å². The molecule has 0 heterocycles. The van der Waals surface area contributed by atoms with Crippen LogP contribution in [0.25, 0.3) is 0 Å². The zero-order valence-corrected chi connectivity index (χ0v) is 7.80. The molecule has 10 heavy (non-hydrogen) atoms. The lowest BCUT2D eigenvalue weighted by Gasteiger charge is -1.93. The minimum atomic E-state index is -0.163. The predicted octanol–water partition coefficient (Wildman–Crippen LogP) is 3.32. The lowest BCUT2D eigenvalue weighted by molar-refractivity contribution is 0.617. The van der Waals surface area contributed by atoms with Gasteiger partial charge in [0.25, 0.3) is 0 Å². The first-order valence-corrected chi connectivity index (χ1v) is 3.41. The Kier molecular flexibility index (Phi) is 3.91. The van der Waals surface area contributed by atoms with Crippen LogP contribution in [0.15, 0.2) is 22.7 Å². The maximum absolute atomic E-state index is 12.5. The van der Waals surface area contributed by atoms with Crippen molar-refractivity contribution in [3.63, 3.8) is 0 Å². The summed E-state index contributed by atoms with van der Waals surface area (Å²) in [5, 5.41) is 0. The van der Waals surface area contributed by atoms with Crippen LogP contribution in [0.2, 0.25) is 0 Å². The Morgan fingerprint density at radius 2 is 2.00 bits per heavy atom. The fourth-order valence-electron chi connectivity index (χ4n) is 0.567. The molecule has 1 rings (SSSR count). The second kappa shape index (κ2) is 3.94. The maximum Gasteiger partial charge on any atom is 0.127 e. The summed E-state index contributed by atoms with van der Waals surface area (Å²) < 4.78 is 13.3. The highest BCUT2D eigenvalue weighted by Gasteiger charge is 1.94. The highest BCUT2D eigenvalue weighted by Crippen LogP contribution is 2.13. The summed E-state index contributed by atoms with van der Waals surface area (Å²) in [7, 11) is 0. The van der Waals surface area contributed by atoms with Crippen molar-refractivity contribution in [3.8, 4) is 0 Å². The van der Waals surface area contributed by atoms with E-state index in [-0.39, 0.29) is 18.2 Å². The molecule has 0 aliphatic heterocycles. The van der Waals surface area contributed by atoms with E-state index in [0.717, 1.165) is 4.47 Å². The zero-order chi connectivity index (χ0) is 6.85. The largest absolute Gasteiger partial charge is 0.207 e. The molecule has 0 aliphatic carbocycles. The summed E-state index contributed by atoms with van der Waals surface area (Å²) in [6.07, 6.45) is 0. The van der Waals surface area contributed by atoms with Crippen molar-refractivity contribution >= 4 is 28.3 Å². The summed E-state index contributed by atoms with van der Waals surface area (Å²) >= 11 is 3.16. The minimum Gasteiger partial charge on any atom is -0.207 e. The van der Waals surface area contributed by atoms with Gasteiger partial charge in [0.15, 0.2) is 0 Å².